The molecule has 2 aliphatic rings. The topological polar surface area (TPSA) is 58.6 Å². The number of benzene rings is 1. The van der Waals surface area contributed by atoms with Crippen molar-refractivity contribution in [3.8, 4) is 0 Å². The van der Waals surface area contributed by atoms with Crippen LogP contribution in [-0.4, -0.2) is 32.1 Å². The number of amides is 2. The van der Waals surface area contributed by atoms with E-state index in [0.29, 0.717) is 6.42 Å². The van der Waals surface area contributed by atoms with E-state index < -0.39 is 0 Å². The van der Waals surface area contributed by atoms with Crippen LogP contribution < -0.4 is 10.2 Å². The standard InChI is InChI=1S/C14H16N2O3/c1-19-8-12(17)15-11-5-9-3-2-4-16-13(18)7-10(6-11)14(9)16/h5-6H,2-4,7-8H2,1H3,(H,15,17). The van der Waals surface area contributed by atoms with Crippen molar-refractivity contribution in [2.45, 2.75) is 19.3 Å². The Bertz CT molecular complexity index is 554. The number of methoxy groups -OCH3 is 1. The molecule has 1 aromatic rings. The number of nitrogens with zero attached hydrogens (tertiary/aromatic N) is 1. The summed E-state index contributed by atoms with van der Waals surface area (Å²) >= 11 is 0. The van der Waals surface area contributed by atoms with Crippen molar-refractivity contribution >= 4 is 23.2 Å². The van der Waals surface area contributed by atoms with E-state index in [1.807, 2.05) is 17.0 Å². The van der Waals surface area contributed by atoms with Gasteiger partial charge in [-0.15, -0.1) is 0 Å². The van der Waals surface area contributed by atoms with Gasteiger partial charge in [0.25, 0.3) is 0 Å². The average molecular weight is 260 g/mol. The predicted molar refractivity (Wildman–Crippen MR) is 71.3 cm³/mol. The minimum absolute atomic E-state index is 0.0392. The number of hydrogen-bond donors (Lipinski definition) is 1. The highest BCUT2D eigenvalue weighted by Crippen LogP contribution is 2.38. The molecule has 2 aliphatic heterocycles. The number of aryl methyl sites for hydroxylation is 1. The maximum absolute atomic E-state index is 11.9. The van der Waals surface area contributed by atoms with E-state index >= 15 is 0 Å². The molecule has 19 heavy (non-hydrogen) atoms. The third-order valence-electron chi connectivity index (χ3n) is 3.57. The van der Waals surface area contributed by atoms with Crippen molar-refractivity contribution < 1.29 is 14.3 Å². The molecule has 0 bridgehead atoms. The van der Waals surface area contributed by atoms with Crippen molar-refractivity contribution in [1.82, 2.24) is 0 Å². The predicted octanol–water partition coefficient (Wildman–Crippen LogP) is 1.11. The Morgan fingerprint density at radius 1 is 1.42 bits per heavy atom. The Balaban J connectivity index is 1.92. The maximum atomic E-state index is 11.9. The first-order chi connectivity index (χ1) is 9.19. The van der Waals surface area contributed by atoms with Crippen LogP contribution in [0.3, 0.4) is 0 Å². The van der Waals surface area contributed by atoms with Crippen molar-refractivity contribution in [2.24, 2.45) is 0 Å². The Morgan fingerprint density at radius 3 is 3.00 bits per heavy atom. The molecule has 0 unspecified atom stereocenters. The zero-order chi connectivity index (χ0) is 13.4. The van der Waals surface area contributed by atoms with Gasteiger partial charge in [0.05, 0.1) is 12.1 Å². The lowest BCUT2D eigenvalue weighted by molar-refractivity contribution is -0.119. The lowest BCUT2D eigenvalue weighted by Gasteiger charge is -2.26. The number of ether oxygens (including phenoxy) is 1. The molecule has 1 N–H and O–H groups in total. The van der Waals surface area contributed by atoms with Crippen LogP contribution in [0.25, 0.3) is 0 Å². The summed E-state index contributed by atoms with van der Waals surface area (Å²) in [6, 6.07) is 3.87. The second-order valence-electron chi connectivity index (χ2n) is 4.95. The largest absolute Gasteiger partial charge is 0.375 e. The van der Waals surface area contributed by atoms with Crippen LogP contribution in [0.1, 0.15) is 17.5 Å². The van der Waals surface area contributed by atoms with Gasteiger partial charge in [-0.2, -0.15) is 0 Å². The summed E-state index contributed by atoms with van der Waals surface area (Å²) in [4.78, 5) is 25.3. The van der Waals surface area contributed by atoms with Gasteiger partial charge in [-0.1, -0.05) is 0 Å². The molecule has 0 atom stereocenters. The Hall–Kier alpha value is -1.88. The summed E-state index contributed by atoms with van der Waals surface area (Å²) in [6.07, 6.45) is 2.38. The van der Waals surface area contributed by atoms with Crippen molar-refractivity contribution in [2.75, 3.05) is 30.5 Å². The quantitative estimate of drug-likeness (QED) is 0.885. The molecule has 0 fully saturated rings. The lowest BCUT2D eigenvalue weighted by atomic mass is 9.99. The Kier molecular flexibility index (Phi) is 2.98. The lowest BCUT2D eigenvalue weighted by Crippen LogP contribution is -2.31. The van der Waals surface area contributed by atoms with Crippen LogP contribution in [0.15, 0.2) is 12.1 Å². The second-order valence-corrected chi connectivity index (χ2v) is 4.95. The van der Waals surface area contributed by atoms with Crippen LogP contribution in [0.2, 0.25) is 0 Å². The van der Waals surface area contributed by atoms with Crippen LogP contribution in [0, 0.1) is 0 Å². The monoisotopic (exact) mass is 260 g/mol. The van der Waals surface area contributed by atoms with Gasteiger partial charge in [-0.3, -0.25) is 9.59 Å². The second kappa shape index (κ2) is 4.66. The third kappa shape index (κ3) is 2.10. The summed E-state index contributed by atoms with van der Waals surface area (Å²) in [5.74, 6) is -0.0112. The van der Waals surface area contributed by atoms with E-state index in [0.717, 1.165) is 41.9 Å². The van der Waals surface area contributed by atoms with E-state index in [9.17, 15) is 9.59 Å². The Morgan fingerprint density at radius 2 is 2.21 bits per heavy atom. The van der Waals surface area contributed by atoms with E-state index in [2.05, 4.69) is 5.32 Å². The normalized spacial score (nSPS) is 16.5. The summed E-state index contributed by atoms with van der Waals surface area (Å²) < 4.78 is 4.80. The Labute approximate surface area is 111 Å². The molecular weight excluding hydrogens is 244 g/mol. The molecule has 0 radical (unpaired) electrons. The maximum Gasteiger partial charge on any atom is 0.250 e. The van der Waals surface area contributed by atoms with Gasteiger partial charge >= 0.3 is 0 Å². The molecule has 1 aromatic carbocycles. The van der Waals surface area contributed by atoms with Gasteiger partial charge in [0, 0.05) is 19.3 Å². The highest BCUT2D eigenvalue weighted by Gasteiger charge is 2.32. The van der Waals surface area contributed by atoms with Crippen molar-refractivity contribution in [3.63, 3.8) is 0 Å². The first-order valence-electron chi connectivity index (χ1n) is 6.44. The number of anilines is 2. The zero-order valence-corrected chi connectivity index (χ0v) is 10.9. The molecule has 0 spiro atoms. The highest BCUT2D eigenvalue weighted by atomic mass is 16.5. The van der Waals surface area contributed by atoms with Crippen LogP contribution >= 0.6 is 0 Å². The first-order valence-corrected chi connectivity index (χ1v) is 6.44. The van der Waals surface area contributed by atoms with Crippen molar-refractivity contribution in [1.29, 1.82) is 0 Å². The van der Waals surface area contributed by atoms with Gasteiger partial charge in [0.1, 0.15) is 6.61 Å². The number of carbonyl (C=O) groups excluding carboxylic acids is 2. The minimum atomic E-state index is -0.174. The molecule has 2 amide bonds. The summed E-state index contributed by atoms with van der Waals surface area (Å²) in [5, 5.41) is 2.81. The number of carbonyl (C=O) groups is 2. The fourth-order valence-corrected chi connectivity index (χ4v) is 2.88. The number of rotatable bonds is 3. The van der Waals surface area contributed by atoms with Crippen LogP contribution in [-0.2, 0) is 27.2 Å². The van der Waals surface area contributed by atoms with Gasteiger partial charge in [-0.25, -0.2) is 0 Å². The first kappa shape index (κ1) is 12.2. The van der Waals surface area contributed by atoms with E-state index in [-0.39, 0.29) is 18.4 Å². The molecular formula is C14H16N2O3. The van der Waals surface area contributed by atoms with Gasteiger partial charge in [0.2, 0.25) is 11.8 Å². The molecule has 0 aliphatic carbocycles. The molecule has 0 saturated carbocycles. The van der Waals surface area contributed by atoms with E-state index in [4.69, 9.17) is 4.74 Å². The summed E-state index contributed by atoms with van der Waals surface area (Å²) in [5.41, 5.74) is 4.01. The molecule has 5 nitrogen and oxygen atoms in total. The molecule has 0 aromatic heterocycles. The van der Waals surface area contributed by atoms with Crippen LogP contribution in [0.5, 0.6) is 0 Å². The average Bonchev–Trinajstić information content (AvgIpc) is 2.68. The van der Waals surface area contributed by atoms with Gasteiger partial charge in [0.15, 0.2) is 0 Å². The van der Waals surface area contributed by atoms with Gasteiger partial charge < -0.3 is 15.0 Å². The molecule has 2 heterocycles. The van der Waals surface area contributed by atoms with E-state index in [1.165, 1.54) is 7.11 Å². The molecule has 0 saturated heterocycles. The molecule has 5 heteroatoms. The third-order valence-corrected chi connectivity index (χ3v) is 3.57. The van der Waals surface area contributed by atoms with Crippen molar-refractivity contribution in [3.05, 3.63) is 23.3 Å². The molecule has 100 valence electrons. The minimum Gasteiger partial charge on any atom is -0.375 e. The van der Waals surface area contributed by atoms with Crippen LogP contribution in [0.4, 0.5) is 11.4 Å². The number of hydrogen-bond acceptors (Lipinski definition) is 3. The highest BCUT2D eigenvalue weighted by molar-refractivity contribution is 6.04. The summed E-state index contributed by atoms with van der Waals surface area (Å²) in [6.45, 7) is 0.853. The number of nitrogens with one attached hydrogen (secondary N) is 1. The zero-order valence-electron chi connectivity index (χ0n) is 10.9. The fraction of sp³-hybridized carbons (Fsp3) is 0.429. The SMILES string of the molecule is COCC(=O)Nc1cc2c3c(c1)CC(=O)N3CCC2. The smallest absolute Gasteiger partial charge is 0.250 e. The molecule has 3 rings (SSSR count). The fourth-order valence-electron chi connectivity index (χ4n) is 2.88. The van der Waals surface area contributed by atoms with Gasteiger partial charge in [-0.05, 0) is 36.1 Å². The van der Waals surface area contributed by atoms with E-state index in [1.54, 1.807) is 0 Å². The summed E-state index contributed by atoms with van der Waals surface area (Å²) in [7, 11) is 1.49.